The minimum absolute atomic E-state index is 0.0272. The van der Waals surface area contributed by atoms with Crippen LogP contribution >= 0.6 is 0 Å². The first-order valence-corrected chi connectivity index (χ1v) is 11.2. The maximum Gasteiger partial charge on any atom is 0.309 e. The van der Waals surface area contributed by atoms with E-state index in [0.29, 0.717) is 24.9 Å². The zero-order chi connectivity index (χ0) is 20.6. The Bertz CT molecular complexity index is 827. The summed E-state index contributed by atoms with van der Waals surface area (Å²) in [5, 5.41) is 0. The van der Waals surface area contributed by atoms with E-state index < -0.39 is 0 Å². The highest BCUT2D eigenvalue weighted by Crippen LogP contribution is 2.70. The van der Waals surface area contributed by atoms with Gasteiger partial charge in [0.05, 0.1) is 25.4 Å². The first kappa shape index (κ1) is 19.3. The summed E-state index contributed by atoms with van der Waals surface area (Å²) in [5.74, 6) is 1.92. The summed E-state index contributed by atoms with van der Waals surface area (Å²) in [6.07, 6.45) is 6.50. The van der Waals surface area contributed by atoms with Crippen LogP contribution < -0.4 is 0 Å². The first-order chi connectivity index (χ1) is 13.8. The van der Waals surface area contributed by atoms with Crippen LogP contribution in [0.4, 0.5) is 0 Å². The molecule has 0 N–H and O–H groups in total. The molecule has 2 spiro atoms. The van der Waals surface area contributed by atoms with Crippen molar-refractivity contribution < 1.29 is 19.1 Å². The Morgan fingerprint density at radius 1 is 1.38 bits per heavy atom. The maximum absolute atomic E-state index is 13.0. The van der Waals surface area contributed by atoms with E-state index in [4.69, 9.17) is 9.47 Å². The largest absolute Gasteiger partial charge is 0.497 e. The second kappa shape index (κ2) is 6.44. The molecule has 5 aliphatic rings. The van der Waals surface area contributed by atoms with Crippen LogP contribution in [0.5, 0.6) is 0 Å². The van der Waals surface area contributed by atoms with Crippen LogP contribution in [-0.2, 0) is 19.1 Å². The number of esters is 1. The van der Waals surface area contributed by atoms with Gasteiger partial charge in [0.15, 0.2) is 5.78 Å². The van der Waals surface area contributed by atoms with Crippen molar-refractivity contribution in [2.45, 2.75) is 46.0 Å². The van der Waals surface area contributed by atoms with Crippen molar-refractivity contribution >= 4 is 11.8 Å². The van der Waals surface area contributed by atoms with E-state index in [1.807, 2.05) is 0 Å². The van der Waals surface area contributed by atoms with Crippen LogP contribution in [0.1, 0.15) is 46.0 Å². The molecule has 2 bridgehead atoms. The average molecular weight is 400 g/mol. The Morgan fingerprint density at radius 2 is 2.17 bits per heavy atom. The van der Waals surface area contributed by atoms with Crippen molar-refractivity contribution in [3.63, 3.8) is 0 Å². The number of likely N-dealkylation sites (tertiary alicyclic amines) is 1. The molecule has 5 nitrogen and oxygen atoms in total. The number of allylic oxidation sites excluding steroid dienone is 3. The third-order valence-corrected chi connectivity index (χ3v) is 8.79. The van der Waals surface area contributed by atoms with E-state index in [9.17, 15) is 9.59 Å². The van der Waals surface area contributed by atoms with Gasteiger partial charge in [0.2, 0.25) is 0 Å². The van der Waals surface area contributed by atoms with Crippen LogP contribution in [0.25, 0.3) is 0 Å². The van der Waals surface area contributed by atoms with Crippen molar-refractivity contribution in [2.75, 3.05) is 33.9 Å². The van der Waals surface area contributed by atoms with Crippen LogP contribution in [0.2, 0.25) is 0 Å². The fourth-order valence-electron chi connectivity index (χ4n) is 7.65. The maximum atomic E-state index is 13.0. The topological polar surface area (TPSA) is 55.8 Å². The Labute approximate surface area is 173 Å². The first-order valence-electron chi connectivity index (χ1n) is 11.2. The number of nitrogens with zero attached hydrogens (tertiary/aromatic N) is 1. The number of Topliss-reactive ketones (excluding diaryl/α,β-unsaturated/α-hetero) is 1. The molecule has 0 aromatic heterocycles. The Hall–Kier alpha value is -1.62. The monoisotopic (exact) mass is 399 g/mol. The summed E-state index contributed by atoms with van der Waals surface area (Å²) in [6.45, 7) is 7.02. The van der Waals surface area contributed by atoms with Gasteiger partial charge in [0.25, 0.3) is 0 Å². The lowest BCUT2D eigenvalue weighted by atomic mass is 9.51. The molecule has 5 rings (SSSR count). The fourth-order valence-corrected chi connectivity index (χ4v) is 7.65. The number of carbonyl (C=O) groups is 2. The van der Waals surface area contributed by atoms with Gasteiger partial charge in [-0.05, 0) is 50.3 Å². The van der Waals surface area contributed by atoms with E-state index in [2.05, 4.69) is 31.9 Å². The van der Waals surface area contributed by atoms with Crippen LogP contribution in [0.3, 0.4) is 0 Å². The average Bonchev–Trinajstić information content (AvgIpc) is 3.17. The zero-order valence-corrected chi connectivity index (χ0v) is 18.1. The Balaban J connectivity index is 1.69. The number of ketones is 1. The van der Waals surface area contributed by atoms with Crippen LogP contribution in [0.15, 0.2) is 23.0 Å². The molecule has 1 saturated heterocycles. The molecule has 5 atom stereocenters. The fraction of sp³-hybridized carbons (Fsp3) is 0.750. The molecular formula is C24H33NO4. The van der Waals surface area contributed by atoms with Gasteiger partial charge in [0, 0.05) is 42.2 Å². The summed E-state index contributed by atoms with van der Waals surface area (Å²) in [4.78, 5) is 28.2. The van der Waals surface area contributed by atoms with E-state index in [1.165, 1.54) is 12.7 Å². The highest BCUT2D eigenvalue weighted by molar-refractivity contribution is 6.01. The second-order valence-corrected chi connectivity index (χ2v) is 10.4. The van der Waals surface area contributed by atoms with Crippen LogP contribution in [-0.4, -0.2) is 50.5 Å². The SMILES string of the molecule is COC(=O)C1CC23CN(C)CC(CCC4=C2C1CC4=O)C31CC=C(C(C)C)OC1. The molecule has 2 fully saturated rings. The predicted octanol–water partition coefficient (Wildman–Crippen LogP) is 3.35. The van der Waals surface area contributed by atoms with Crippen LogP contribution in [0, 0.1) is 34.5 Å². The summed E-state index contributed by atoms with van der Waals surface area (Å²) in [5.41, 5.74) is 2.18. The smallest absolute Gasteiger partial charge is 0.309 e. The molecule has 3 aliphatic carbocycles. The van der Waals surface area contributed by atoms with Gasteiger partial charge < -0.3 is 14.4 Å². The molecule has 2 heterocycles. The second-order valence-electron chi connectivity index (χ2n) is 10.4. The van der Waals surface area contributed by atoms with E-state index in [0.717, 1.165) is 50.1 Å². The summed E-state index contributed by atoms with van der Waals surface area (Å²) in [6, 6.07) is 0. The number of piperidine rings is 1. The lowest BCUT2D eigenvalue weighted by Gasteiger charge is -2.59. The molecule has 2 aliphatic heterocycles. The molecule has 0 aromatic rings. The van der Waals surface area contributed by atoms with E-state index >= 15 is 0 Å². The number of ether oxygens (including phenoxy) is 2. The van der Waals surface area contributed by atoms with Gasteiger partial charge in [0.1, 0.15) is 0 Å². The molecular weight excluding hydrogens is 366 g/mol. The predicted molar refractivity (Wildman–Crippen MR) is 109 cm³/mol. The number of rotatable bonds is 2. The van der Waals surface area contributed by atoms with Crippen molar-refractivity contribution in [1.82, 2.24) is 4.90 Å². The molecule has 5 unspecified atom stereocenters. The molecule has 0 aromatic carbocycles. The normalized spacial score (nSPS) is 41.3. The summed E-state index contributed by atoms with van der Waals surface area (Å²) >= 11 is 0. The molecule has 29 heavy (non-hydrogen) atoms. The Morgan fingerprint density at radius 3 is 2.83 bits per heavy atom. The summed E-state index contributed by atoms with van der Waals surface area (Å²) in [7, 11) is 3.68. The third-order valence-electron chi connectivity index (χ3n) is 8.79. The Kier molecular flexibility index (Phi) is 4.29. The van der Waals surface area contributed by atoms with Crippen molar-refractivity contribution in [2.24, 2.45) is 34.5 Å². The van der Waals surface area contributed by atoms with Gasteiger partial charge in [-0.3, -0.25) is 9.59 Å². The minimum Gasteiger partial charge on any atom is -0.497 e. The van der Waals surface area contributed by atoms with Gasteiger partial charge in [-0.2, -0.15) is 0 Å². The molecule has 0 amide bonds. The quantitative estimate of drug-likeness (QED) is 0.667. The highest BCUT2D eigenvalue weighted by atomic mass is 16.5. The number of hydrogen-bond acceptors (Lipinski definition) is 5. The number of carbonyl (C=O) groups excluding carboxylic acids is 2. The molecule has 5 heteroatoms. The van der Waals surface area contributed by atoms with Gasteiger partial charge in [-0.1, -0.05) is 19.4 Å². The third kappa shape index (κ3) is 2.43. The van der Waals surface area contributed by atoms with E-state index in [-0.39, 0.29) is 34.4 Å². The lowest BCUT2D eigenvalue weighted by Crippen LogP contribution is -2.61. The highest BCUT2D eigenvalue weighted by Gasteiger charge is 2.69. The van der Waals surface area contributed by atoms with Gasteiger partial charge >= 0.3 is 5.97 Å². The van der Waals surface area contributed by atoms with Crippen molar-refractivity contribution in [3.8, 4) is 0 Å². The minimum atomic E-state index is -0.200. The van der Waals surface area contributed by atoms with E-state index in [1.54, 1.807) is 0 Å². The van der Waals surface area contributed by atoms with Crippen molar-refractivity contribution in [1.29, 1.82) is 0 Å². The number of hydrogen-bond donors (Lipinski definition) is 0. The number of methoxy groups -OCH3 is 1. The molecule has 0 radical (unpaired) electrons. The lowest BCUT2D eigenvalue weighted by molar-refractivity contribution is -0.149. The van der Waals surface area contributed by atoms with Gasteiger partial charge in [-0.25, -0.2) is 0 Å². The zero-order valence-electron chi connectivity index (χ0n) is 18.1. The molecule has 1 saturated carbocycles. The van der Waals surface area contributed by atoms with Gasteiger partial charge in [-0.15, -0.1) is 0 Å². The molecule has 158 valence electrons. The van der Waals surface area contributed by atoms with Crippen molar-refractivity contribution in [3.05, 3.63) is 23.0 Å². The summed E-state index contributed by atoms with van der Waals surface area (Å²) < 4.78 is 11.6. The standard InChI is InChI=1S/C24H33NO4/c1-14(2)20-7-8-23(13-29-20)15-5-6-16-19(26)9-17-18(22(27)28-4)10-24(23,21(16)17)12-25(3)11-15/h7,14-15,17-18H,5-6,8-13H2,1-4H3.